The van der Waals surface area contributed by atoms with E-state index >= 15 is 0 Å². The molecule has 0 saturated carbocycles. The number of carbonyl (C=O) groups excluding carboxylic acids is 2. The molecular formula is C14H26N2O4. The van der Waals surface area contributed by atoms with E-state index < -0.39 is 17.6 Å². The van der Waals surface area contributed by atoms with Crippen LogP contribution in [0, 0.1) is 5.92 Å². The molecule has 0 aliphatic carbocycles. The first-order valence-corrected chi connectivity index (χ1v) is 7.06. The van der Waals surface area contributed by atoms with Gasteiger partial charge < -0.3 is 20.1 Å². The van der Waals surface area contributed by atoms with Gasteiger partial charge in [0.2, 0.25) is 0 Å². The van der Waals surface area contributed by atoms with Gasteiger partial charge >= 0.3 is 12.0 Å². The molecule has 1 unspecified atom stereocenters. The van der Waals surface area contributed by atoms with Crippen molar-refractivity contribution in [3.63, 3.8) is 0 Å². The molecule has 2 N–H and O–H groups in total. The maximum absolute atomic E-state index is 12.1. The summed E-state index contributed by atoms with van der Waals surface area (Å²) in [7, 11) is 0. The van der Waals surface area contributed by atoms with E-state index in [0.717, 1.165) is 6.42 Å². The Balaban J connectivity index is 2.53. The van der Waals surface area contributed by atoms with Crippen LogP contribution < -0.4 is 10.6 Å². The minimum atomic E-state index is -0.656. The van der Waals surface area contributed by atoms with Crippen LogP contribution >= 0.6 is 0 Å². The van der Waals surface area contributed by atoms with Gasteiger partial charge in [0.15, 0.2) is 0 Å². The summed E-state index contributed by atoms with van der Waals surface area (Å²) in [4.78, 5) is 24.0. The Kier molecular flexibility index (Phi) is 5.80. The van der Waals surface area contributed by atoms with Crippen LogP contribution in [0.4, 0.5) is 4.79 Å². The van der Waals surface area contributed by atoms with Gasteiger partial charge in [-0.15, -0.1) is 0 Å². The molecule has 2 amide bonds. The Labute approximate surface area is 120 Å². The Morgan fingerprint density at radius 2 is 1.95 bits per heavy atom. The average Bonchev–Trinajstić information content (AvgIpc) is 2.75. The lowest BCUT2D eigenvalue weighted by atomic mass is 10.0. The van der Waals surface area contributed by atoms with Gasteiger partial charge in [-0.05, 0) is 33.1 Å². The van der Waals surface area contributed by atoms with Gasteiger partial charge in [0, 0.05) is 6.61 Å². The van der Waals surface area contributed by atoms with Crippen molar-refractivity contribution in [3.05, 3.63) is 0 Å². The van der Waals surface area contributed by atoms with Crippen molar-refractivity contribution in [1.82, 2.24) is 10.6 Å². The summed E-state index contributed by atoms with van der Waals surface area (Å²) in [5, 5.41) is 5.48. The van der Waals surface area contributed by atoms with Gasteiger partial charge in [0.05, 0.1) is 12.6 Å². The van der Waals surface area contributed by atoms with Crippen molar-refractivity contribution in [2.45, 2.75) is 58.7 Å². The van der Waals surface area contributed by atoms with Gasteiger partial charge in [-0.3, -0.25) is 0 Å². The van der Waals surface area contributed by atoms with Gasteiger partial charge in [-0.1, -0.05) is 13.8 Å². The molecule has 1 heterocycles. The quantitative estimate of drug-likeness (QED) is 0.767. The molecule has 6 nitrogen and oxygen atoms in total. The Morgan fingerprint density at radius 3 is 2.40 bits per heavy atom. The molecule has 0 aromatic heterocycles. The highest BCUT2D eigenvalue weighted by atomic mass is 16.6. The molecule has 1 aliphatic heterocycles. The maximum Gasteiger partial charge on any atom is 0.329 e. The SMILES string of the molecule is CC(C)[C@H](NC(=O)NC1CCOC1)C(=O)OC(C)(C)C. The molecule has 0 aromatic rings. The normalized spacial score (nSPS) is 20.6. The second-order valence-electron chi connectivity index (χ2n) is 6.43. The summed E-state index contributed by atoms with van der Waals surface area (Å²) >= 11 is 0. The molecular weight excluding hydrogens is 260 g/mol. The molecule has 0 radical (unpaired) electrons. The molecule has 6 heteroatoms. The first-order chi connectivity index (χ1) is 9.19. The van der Waals surface area contributed by atoms with E-state index in [-0.39, 0.29) is 18.0 Å². The third kappa shape index (κ3) is 5.77. The monoisotopic (exact) mass is 286 g/mol. The summed E-state index contributed by atoms with van der Waals surface area (Å²) in [5.74, 6) is -0.458. The van der Waals surface area contributed by atoms with E-state index in [1.165, 1.54) is 0 Å². The van der Waals surface area contributed by atoms with E-state index in [1.807, 2.05) is 13.8 Å². The Bertz CT molecular complexity index is 344. The molecule has 1 rings (SSSR count). The predicted octanol–water partition coefficient (Wildman–Crippen LogP) is 1.44. The standard InChI is InChI=1S/C14H26N2O4/c1-9(2)11(12(17)20-14(3,4)5)16-13(18)15-10-6-7-19-8-10/h9-11H,6-8H2,1-5H3,(H2,15,16,18)/t10?,11-/m0/s1. The highest BCUT2D eigenvalue weighted by Gasteiger charge is 2.30. The number of rotatable bonds is 4. The lowest BCUT2D eigenvalue weighted by molar-refractivity contribution is -0.158. The zero-order valence-electron chi connectivity index (χ0n) is 13.0. The van der Waals surface area contributed by atoms with Crippen LogP contribution in [0.15, 0.2) is 0 Å². The number of hydrogen-bond acceptors (Lipinski definition) is 4. The maximum atomic E-state index is 12.1. The largest absolute Gasteiger partial charge is 0.458 e. The highest BCUT2D eigenvalue weighted by Crippen LogP contribution is 2.12. The fourth-order valence-corrected chi connectivity index (χ4v) is 1.88. The van der Waals surface area contributed by atoms with Gasteiger partial charge in [0.25, 0.3) is 0 Å². The Hall–Kier alpha value is -1.30. The molecule has 2 atom stereocenters. The second-order valence-corrected chi connectivity index (χ2v) is 6.43. The number of ether oxygens (including phenoxy) is 2. The van der Waals surface area contributed by atoms with Crippen molar-refractivity contribution in [1.29, 1.82) is 0 Å². The zero-order chi connectivity index (χ0) is 15.3. The number of carbonyl (C=O) groups is 2. The summed E-state index contributed by atoms with van der Waals surface area (Å²) in [6, 6.07) is -0.997. The minimum Gasteiger partial charge on any atom is -0.458 e. The summed E-state index contributed by atoms with van der Waals surface area (Å²) < 4.78 is 10.5. The molecule has 116 valence electrons. The minimum absolute atomic E-state index is 0.0152. The molecule has 0 bridgehead atoms. The smallest absolute Gasteiger partial charge is 0.329 e. The van der Waals surface area contributed by atoms with E-state index in [1.54, 1.807) is 20.8 Å². The third-order valence-electron chi connectivity index (χ3n) is 2.88. The van der Waals surface area contributed by atoms with Crippen LogP contribution in [0.1, 0.15) is 41.0 Å². The first kappa shape index (κ1) is 16.8. The van der Waals surface area contributed by atoms with Crippen LogP contribution in [-0.4, -0.2) is 42.9 Å². The number of hydrogen-bond donors (Lipinski definition) is 2. The van der Waals surface area contributed by atoms with Crippen molar-refractivity contribution in [2.75, 3.05) is 13.2 Å². The van der Waals surface area contributed by atoms with Crippen molar-refractivity contribution >= 4 is 12.0 Å². The predicted molar refractivity (Wildman–Crippen MR) is 75.4 cm³/mol. The second kappa shape index (κ2) is 6.92. The van der Waals surface area contributed by atoms with Crippen LogP contribution in [0.2, 0.25) is 0 Å². The fraction of sp³-hybridized carbons (Fsp3) is 0.857. The van der Waals surface area contributed by atoms with E-state index in [0.29, 0.717) is 13.2 Å². The Morgan fingerprint density at radius 1 is 1.30 bits per heavy atom. The molecule has 1 saturated heterocycles. The first-order valence-electron chi connectivity index (χ1n) is 7.06. The van der Waals surface area contributed by atoms with Crippen LogP contribution in [0.5, 0.6) is 0 Å². The van der Waals surface area contributed by atoms with Crippen LogP contribution in [0.3, 0.4) is 0 Å². The summed E-state index contributed by atoms with van der Waals surface area (Å²) in [6.45, 7) is 10.3. The summed E-state index contributed by atoms with van der Waals surface area (Å²) in [6.07, 6.45) is 0.798. The van der Waals surface area contributed by atoms with Crippen LogP contribution in [-0.2, 0) is 14.3 Å². The number of amides is 2. The van der Waals surface area contributed by atoms with Crippen LogP contribution in [0.25, 0.3) is 0 Å². The lowest BCUT2D eigenvalue weighted by Crippen LogP contribution is -2.52. The van der Waals surface area contributed by atoms with Gasteiger partial charge in [-0.25, -0.2) is 9.59 Å². The number of esters is 1. The number of nitrogens with one attached hydrogen (secondary N) is 2. The zero-order valence-corrected chi connectivity index (χ0v) is 13.0. The van der Waals surface area contributed by atoms with Crippen molar-refractivity contribution < 1.29 is 19.1 Å². The van der Waals surface area contributed by atoms with E-state index in [2.05, 4.69) is 10.6 Å². The third-order valence-corrected chi connectivity index (χ3v) is 2.88. The van der Waals surface area contributed by atoms with Gasteiger partial charge in [0.1, 0.15) is 11.6 Å². The van der Waals surface area contributed by atoms with Crippen molar-refractivity contribution in [2.24, 2.45) is 5.92 Å². The average molecular weight is 286 g/mol. The lowest BCUT2D eigenvalue weighted by Gasteiger charge is -2.27. The highest BCUT2D eigenvalue weighted by molar-refractivity contribution is 5.84. The molecule has 1 aliphatic rings. The van der Waals surface area contributed by atoms with Crippen molar-refractivity contribution in [3.8, 4) is 0 Å². The van der Waals surface area contributed by atoms with Gasteiger partial charge in [-0.2, -0.15) is 0 Å². The van der Waals surface area contributed by atoms with E-state index in [4.69, 9.17) is 9.47 Å². The fourth-order valence-electron chi connectivity index (χ4n) is 1.88. The summed E-state index contributed by atoms with van der Waals surface area (Å²) in [5.41, 5.74) is -0.568. The van der Waals surface area contributed by atoms with E-state index in [9.17, 15) is 9.59 Å². The molecule has 0 aromatic carbocycles. The topological polar surface area (TPSA) is 76.7 Å². The molecule has 0 spiro atoms. The molecule has 1 fully saturated rings. The molecule has 20 heavy (non-hydrogen) atoms. The number of urea groups is 1.